The van der Waals surface area contributed by atoms with Crippen molar-refractivity contribution in [2.75, 3.05) is 6.61 Å². The smallest absolute Gasteiger partial charge is 0.320 e. The Morgan fingerprint density at radius 1 is 1.35 bits per heavy atom. The Morgan fingerprint density at radius 2 is 2.06 bits per heavy atom. The third kappa shape index (κ3) is 1.97. The molecule has 1 aromatic rings. The van der Waals surface area contributed by atoms with Crippen LogP contribution in [0.4, 0.5) is 5.69 Å². The van der Waals surface area contributed by atoms with Crippen LogP contribution in [-0.2, 0) is 4.79 Å². The lowest BCUT2D eigenvalue weighted by molar-refractivity contribution is -0.138. The predicted molar refractivity (Wildman–Crippen MR) is 60.7 cm³/mol. The van der Waals surface area contributed by atoms with Crippen molar-refractivity contribution in [3.63, 3.8) is 0 Å². The quantitative estimate of drug-likeness (QED) is 0.763. The van der Waals surface area contributed by atoms with Gasteiger partial charge in [0.15, 0.2) is 11.7 Å². The number of aliphatic hydroxyl groups excluding tert-OH is 1. The summed E-state index contributed by atoms with van der Waals surface area (Å²) >= 11 is 0. The van der Waals surface area contributed by atoms with E-state index >= 15 is 0 Å². The molecule has 0 saturated carbocycles. The topological polar surface area (TPSA) is 87.0 Å². The Morgan fingerprint density at radius 3 is 2.71 bits per heavy atom. The van der Waals surface area contributed by atoms with Crippen molar-refractivity contribution in [3.8, 4) is 0 Å². The Kier molecular flexibility index (Phi) is 3.01. The molecule has 1 heterocycles. The first kappa shape index (κ1) is 11.5. The van der Waals surface area contributed by atoms with Gasteiger partial charge < -0.3 is 10.2 Å². The van der Waals surface area contributed by atoms with Crippen molar-refractivity contribution < 1.29 is 19.8 Å². The highest BCUT2D eigenvalue weighted by Gasteiger charge is 2.36. The minimum Gasteiger partial charge on any atom is -0.480 e. The second-order valence-corrected chi connectivity index (χ2v) is 3.73. The third-order valence-corrected chi connectivity index (χ3v) is 2.64. The van der Waals surface area contributed by atoms with E-state index in [-0.39, 0.29) is 18.7 Å². The van der Waals surface area contributed by atoms with Gasteiger partial charge in [-0.25, -0.2) is 0 Å². The second-order valence-electron chi connectivity index (χ2n) is 3.73. The van der Waals surface area contributed by atoms with Gasteiger partial charge in [-0.15, -0.1) is 0 Å². The van der Waals surface area contributed by atoms with E-state index in [0.29, 0.717) is 11.3 Å². The van der Waals surface area contributed by atoms with E-state index in [1.54, 1.807) is 24.3 Å². The van der Waals surface area contributed by atoms with Crippen molar-refractivity contribution in [3.05, 3.63) is 29.8 Å². The first-order valence-electron chi connectivity index (χ1n) is 5.19. The summed E-state index contributed by atoms with van der Waals surface area (Å²) in [6.45, 7) is -0.224. The van der Waals surface area contributed by atoms with Crippen LogP contribution in [0.25, 0.3) is 0 Å². The molecular weight excluding hydrogens is 222 g/mol. The zero-order valence-corrected chi connectivity index (χ0v) is 8.96. The van der Waals surface area contributed by atoms with Crippen molar-refractivity contribution in [1.29, 1.82) is 0 Å². The fourth-order valence-electron chi connectivity index (χ4n) is 1.88. The summed E-state index contributed by atoms with van der Waals surface area (Å²) in [5.41, 5.74) is 1.00. The first-order valence-corrected chi connectivity index (χ1v) is 5.19. The number of aliphatic imine (C=N–C) groups is 1. The fourth-order valence-corrected chi connectivity index (χ4v) is 1.88. The minimum absolute atomic E-state index is 0.0943. The fraction of sp³-hybridized carbons (Fsp3) is 0.250. The molecule has 1 aromatic carbocycles. The van der Waals surface area contributed by atoms with Gasteiger partial charge in [0.2, 0.25) is 0 Å². The monoisotopic (exact) mass is 233 g/mol. The number of carbonyl (C=O) groups excluding carboxylic acids is 1. The van der Waals surface area contributed by atoms with E-state index in [1.807, 2.05) is 0 Å². The molecule has 1 aliphatic rings. The molecule has 1 aliphatic heterocycles. The average molecular weight is 233 g/mol. The largest absolute Gasteiger partial charge is 0.480 e. The normalized spacial score (nSPS) is 18.5. The zero-order chi connectivity index (χ0) is 12.4. The van der Waals surface area contributed by atoms with Gasteiger partial charge >= 0.3 is 5.97 Å². The highest BCUT2D eigenvalue weighted by molar-refractivity contribution is 6.27. The van der Waals surface area contributed by atoms with Gasteiger partial charge in [0.25, 0.3) is 0 Å². The van der Waals surface area contributed by atoms with E-state index in [9.17, 15) is 9.59 Å². The molecule has 0 aliphatic carbocycles. The third-order valence-electron chi connectivity index (χ3n) is 2.64. The first-order chi connectivity index (χ1) is 8.15. The highest BCUT2D eigenvalue weighted by Crippen LogP contribution is 2.29. The number of benzene rings is 1. The predicted octanol–water partition coefficient (Wildman–Crippen LogP) is 1.04. The van der Waals surface area contributed by atoms with Gasteiger partial charge in [-0.1, -0.05) is 12.1 Å². The number of hydrogen-bond acceptors (Lipinski definition) is 4. The number of para-hydroxylation sites is 1. The maximum absolute atomic E-state index is 12.0. The van der Waals surface area contributed by atoms with E-state index in [1.165, 1.54) is 0 Å². The van der Waals surface area contributed by atoms with Gasteiger partial charge in [0.05, 0.1) is 5.69 Å². The van der Waals surface area contributed by atoms with Gasteiger partial charge in [0.1, 0.15) is 0 Å². The molecule has 0 fully saturated rings. The highest BCUT2D eigenvalue weighted by atomic mass is 16.4. The number of rotatable bonds is 3. The molecule has 0 bridgehead atoms. The Labute approximate surface area is 97.4 Å². The zero-order valence-electron chi connectivity index (χ0n) is 8.96. The number of nitrogens with zero attached hydrogens (tertiary/aromatic N) is 1. The van der Waals surface area contributed by atoms with Crippen LogP contribution in [0.2, 0.25) is 0 Å². The molecule has 5 heteroatoms. The lowest BCUT2D eigenvalue weighted by Crippen LogP contribution is -2.34. The molecule has 5 nitrogen and oxygen atoms in total. The van der Waals surface area contributed by atoms with Crippen LogP contribution in [0.3, 0.4) is 0 Å². The number of aliphatic hydroxyl groups is 1. The molecule has 1 atom stereocenters. The molecule has 17 heavy (non-hydrogen) atoms. The average Bonchev–Trinajstić information content (AvgIpc) is 2.29. The van der Waals surface area contributed by atoms with E-state index in [4.69, 9.17) is 10.2 Å². The van der Waals surface area contributed by atoms with Crippen LogP contribution in [0.5, 0.6) is 0 Å². The van der Waals surface area contributed by atoms with Gasteiger partial charge in [-0.05, 0) is 12.1 Å². The lowest BCUT2D eigenvalue weighted by Gasteiger charge is -2.20. The van der Waals surface area contributed by atoms with Crippen molar-refractivity contribution in [1.82, 2.24) is 0 Å². The number of fused-ring (bicyclic) bond motifs is 1. The summed E-state index contributed by atoms with van der Waals surface area (Å²) in [5, 5.41) is 17.9. The van der Waals surface area contributed by atoms with Crippen LogP contribution < -0.4 is 0 Å². The summed E-state index contributed by atoms with van der Waals surface area (Å²) < 4.78 is 0. The van der Waals surface area contributed by atoms with Crippen LogP contribution in [-0.4, -0.2) is 34.3 Å². The number of carbonyl (C=O) groups is 2. The van der Waals surface area contributed by atoms with Crippen LogP contribution in [0.1, 0.15) is 16.8 Å². The molecule has 0 radical (unpaired) electrons. The Balaban J connectivity index is 2.53. The molecule has 0 amide bonds. The maximum atomic E-state index is 12.0. The maximum Gasteiger partial charge on any atom is 0.320 e. The van der Waals surface area contributed by atoms with Crippen LogP contribution >= 0.6 is 0 Å². The minimum atomic E-state index is -1.27. The SMILES string of the molecule is O=C(O)C1C(=O)c2ccccc2N=C1CCO. The number of carboxylic acid groups (broad SMARTS) is 1. The van der Waals surface area contributed by atoms with Gasteiger partial charge in [0, 0.05) is 24.3 Å². The Bertz CT molecular complexity index is 507. The molecular formula is C12H11NO4. The summed E-state index contributed by atoms with van der Waals surface area (Å²) in [4.78, 5) is 27.2. The van der Waals surface area contributed by atoms with Crippen molar-refractivity contribution >= 4 is 23.2 Å². The van der Waals surface area contributed by atoms with E-state index in [0.717, 1.165) is 0 Å². The summed E-state index contributed by atoms with van der Waals surface area (Å²) in [7, 11) is 0. The van der Waals surface area contributed by atoms with Crippen molar-refractivity contribution in [2.45, 2.75) is 6.42 Å². The summed E-state index contributed by atoms with van der Waals surface area (Å²) in [5.74, 6) is -2.96. The Hall–Kier alpha value is -2.01. The number of aliphatic carboxylic acids is 1. The van der Waals surface area contributed by atoms with Crippen LogP contribution in [0, 0.1) is 5.92 Å². The standard InChI is InChI=1S/C12H11NO4/c14-6-5-9-10(12(16)17)11(15)7-3-1-2-4-8(7)13-9/h1-4,10,14H,5-6H2,(H,16,17). The molecule has 88 valence electrons. The summed E-state index contributed by atoms with van der Waals surface area (Å²) in [6, 6.07) is 6.62. The molecule has 2 rings (SSSR count). The van der Waals surface area contributed by atoms with Crippen LogP contribution in [0.15, 0.2) is 29.3 Å². The summed E-state index contributed by atoms with van der Waals surface area (Å²) in [6.07, 6.45) is 0.0943. The molecule has 0 aromatic heterocycles. The molecule has 0 saturated heterocycles. The van der Waals surface area contributed by atoms with E-state index in [2.05, 4.69) is 4.99 Å². The molecule has 0 spiro atoms. The van der Waals surface area contributed by atoms with Gasteiger partial charge in [-0.3, -0.25) is 14.6 Å². The van der Waals surface area contributed by atoms with Crippen molar-refractivity contribution in [2.24, 2.45) is 10.9 Å². The molecule has 1 unspecified atom stereocenters. The number of ketones is 1. The number of hydrogen-bond donors (Lipinski definition) is 2. The van der Waals surface area contributed by atoms with E-state index < -0.39 is 17.7 Å². The van der Waals surface area contributed by atoms with Gasteiger partial charge in [-0.2, -0.15) is 0 Å². The second kappa shape index (κ2) is 4.47. The molecule has 2 N–H and O–H groups in total. The lowest BCUT2D eigenvalue weighted by atomic mass is 9.88. The number of Topliss-reactive ketones (excluding diaryl/α,β-unsaturated/α-hetero) is 1. The number of carboxylic acids is 1.